The Labute approximate surface area is 111 Å². The average Bonchev–Trinajstić information content (AvgIpc) is 2.38. The van der Waals surface area contributed by atoms with E-state index in [-0.39, 0.29) is 5.91 Å². The van der Waals surface area contributed by atoms with E-state index in [1.807, 2.05) is 24.3 Å². The van der Waals surface area contributed by atoms with Crippen molar-refractivity contribution in [3.8, 4) is 0 Å². The molecule has 1 saturated heterocycles. The van der Waals surface area contributed by atoms with E-state index in [2.05, 4.69) is 4.90 Å². The number of piperazine rings is 1. The molecule has 18 heavy (non-hydrogen) atoms. The molecule has 0 atom stereocenters. The van der Waals surface area contributed by atoms with Gasteiger partial charge in [-0.3, -0.25) is 9.59 Å². The van der Waals surface area contributed by atoms with Crippen LogP contribution in [0.2, 0.25) is 5.02 Å². The Bertz CT molecular complexity index is 468. The minimum Gasteiger partial charge on any atom is -0.368 e. The molecule has 1 amide bonds. The van der Waals surface area contributed by atoms with Gasteiger partial charge < -0.3 is 9.80 Å². The van der Waals surface area contributed by atoms with Crippen molar-refractivity contribution in [2.45, 2.75) is 6.92 Å². The number of anilines is 1. The fraction of sp³-hybridized carbons (Fsp3) is 0.385. The fourth-order valence-corrected chi connectivity index (χ4v) is 2.25. The molecule has 0 aliphatic carbocycles. The number of hydrogen-bond donors (Lipinski definition) is 0. The van der Waals surface area contributed by atoms with Crippen molar-refractivity contribution in [2.24, 2.45) is 0 Å². The fourth-order valence-electron chi connectivity index (χ4n) is 2.06. The second-order valence-corrected chi connectivity index (χ2v) is 4.75. The lowest BCUT2D eigenvalue weighted by molar-refractivity contribution is -0.143. The second kappa shape index (κ2) is 5.40. The van der Waals surface area contributed by atoms with Crippen LogP contribution in [0, 0.1) is 0 Å². The summed E-state index contributed by atoms with van der Waals surface area (Å²) in [5.74, 6) is -0.785. The first-order valence-corrected chi connectivity index (χ1v) is 6.26. The van der Waals surface area contributed by atoms with E-state index in [9.17, 15) is 9.59 Å². The van der Waals surface area contributed by atoms with E-state index in [0.717, 1.165) is 18.8 Å². The third kappa shape index (κ3) is 2.82. The molecule has 0 aromatic heterocycles. The normalized spacial score (nSPS) is 15.7. The summed E-state index contributed by atoms with van der Waals surface area (Å²) in [6.45, 7) is 3.90. The first kappa shape index (κ1) is 12.9. The van der Waals surface area contributed by atoms with Crippen molar-refractivity contribution in [1.29, 1.82) is 0 Å². The zero-order valence-corrected chi connectivity index (χ0v) is 11.0. The third-order valence-corrected chi connectivity index (χ3v) is 3.28. The van der Waals surface area contributed by atoms with Gasteiger partial charge in [0.2, 0.25) is 5.78 Å². The maximum Gasteiger partial charge on any atom is 0.289 e. The van der Waals surface area contributed by atoms with Crippen molar-refractivity contribution in [1.82, 2.24) is 4.90 Å². The maximum absolute atomic E-state index is 11.5. The molecular weight excluding hydrogens is 252 g/mol. The van der Waals surface area contributed by atoms with Crippen molar-refractivity contribution in [2.75, 3.05) is 31.1 Å². The van der Waals surface area contributed by atoms with Crippen LogP contribution in [0.25, 0.3) is 0 Å². The van der Waals surface area contributed by atoms with Gasteiger partial charge in [-0.25, -0.2) is 0 Å². The highest BCUT2D eigenvalue weighted by Gasteiger charge is 2.23. The van der Waals surface area contributed by atoms with Gasteiger partial charge in [-0.05, 0) is 18.2 Å². The largest absolute Gasteiger partial charge is 0.368 e. The van der Waals surface area contributed by atoms with E-state index >= 15 is 0 Å². The molecule has 1 aromatic carbocycles. The Hall–Kier alpha value is -1.55. The highest BCUT2D eigenvalue weighted by atomic mass is 35.5. The van der Waals surface area contributed by atoms with E-state index in [0.29, 0.717) is 18.1 Å². The molecule has 4 nitrogen and oxygen atoms in total. The van der Waals surface area contributed by atoms with Crippen molar-refractivity contribution in [3.05, 3.63) is 29.3 Å². The van der Waals surface area contributed by atoms with Gasteiger partial charge in [-0.15, -0.1) is 0 Å². The van der Waals surface area contributed by atoms with Gasteiger partial charge >= 0.3 is 0 Å². The molecule has 1 aliphatic rings. The molecule has 1 fully saturated rings. The molecule has 0 N–H and O–H groups in total. The summed E-state index contributed by atoms with van der Waals surface area (Å²) in [6, 6.07) is 7.64. The Kier molecular flexibility index (Phi) is 3.87. The summed E-state index contributed by atoms with van der Waals surface area (Å²) in [6.07, 6.45) is 0. The van der Waals surface area contributed by atoms with Crippen molar-refractivity contribution >= 4 is 29.0 Å². The summed E-state index contributed by atoms with van der Waals surface area (Å²) in [4.78, 5) is 26.3. The van der Waals surface area contributed by atoms with Gasteiger partial charge in [0, 0.05) is 43.8 Å². The predicted molar refractivity (Wildman–Crippen MR) is 70.9 cm³/mol. The lowest BCUT2D eigenvalue weighted by Gasteiger charge is -2.35. The van der Waals surface area contributed by atoms with Crippen molar-refractivity contribution < 1.29 is 9.59 Å². The van der Waals surface area contributed by atoms with Crippen LogP contribution < -0.4 is 4.90 Å². The SMILES string of the molecule is CC(=O)C(=O)N1CCN(c2cccc(Cl)c2)CC1. The maximum atomic E-state index is 11.5. The average molecular weight is 267 g/mol. The lowest BCUT2D eigenvalue weighted by atomic mass is 10.2. The highest BCUT2D eigenvalue weighted by molar-refractivity contribution is 6.35. The Morgan fingerprint density at radius 2 is 1.83 bits per heavy atom. The summed E-state index contributed by atoms with van der Waals surface area (Å²) >= 11 is 5.95. The monoisotopic (exact) mass is 266 g/mol. The summed E-state index contributed by atoms with van der Waals surface area (Å²) in [5, 5.41) is 0.703. The molecular formula is C13H15ClN2O2. The summed E-state index contributed by atoms with van der Waals surface area (Å²) in [5.41, 5.74) is 1.05. The van der Waals surface area contributed by atoms with Crippen LogP contribution in [-0.4, -0.2) is 42.8 Å². The minimum absolute atomic E-state index is 0.388. The van der Waals surface area contributed by atoms with E-state index in [1.54, 1.807) is 4.90 Å². The number of halogens is 1. The number of benzene rings is 1. The Morgan fingerprint density at radius 1 is 1.17 bits per heavy atom. The Morgan fingerprint density at radius 3 is 2.39 bits per heavy atom. The quantitative estimate of drug-likeness (QED) is 0.763. The van der Waals surface area contributed by atoms with Crippen LogP contribution in [0.4, 0.5) is 5.69 Å². The second-order valence-electron chi connectivity index (χ2n) is 4.32. The van der Waals surface area contributed by atoms with Gasteiger partial charge in [0.25, 0.3) is 5.91 Å². The smallest absolute Gasteiger partial charge is 0.289 e. The van der Waals surface area contributed by atoms with Crippen LogP contribution in [0.5, 0.6) is 0 Å². The number of nitrogens with zero attached hydrogens (tertiary/aromatic N) is 2. The zero-order valence-electron chi connectivity index (χ0n) is 10.2. The molecule has 1 aliphatic heterocycles. The minimum atomic E-state index is -0.397. The first-order valence-electron chi connectivity index (χ1n) is 5.88. The van der Waals surface area contributed by atoms with Gasteiger partial charge in [0.15, 0.2) is 0 Å². The van der Waals surface area contributed by atoms with Crippen molar-refractivity contribution in [3.63, 3.8) is 0 Å². The van der Waals surface area contributed by atoms with E-state index < -0.39 is 5.78 Å². The molecule has 2 rings (SSSR count). The molecule has 5 heteroatoms. The zero-order chi connectivity index (χ0) is 13.1. The third-order valence-electron chi connectivity index (χ3n) is 3.04. The first-order chi connectivity index (χ1) is 8.58. The number of rotatable bonds is 2. The highest BCUT2D eigenvalue weighted by Crippen LogP contribution is 2.20. The number of Topliss-reactive ketones (excluding diaryl/α,β-unsaturated/α-hetero) is 1. The number of ketones is 1. The molecule has 0 spiro atoms. The van der Waals surface area contributed by atoms with Crippen LogP contribution in [0.1, 0.15) is 6.92 Å². The summed E-state index contributed by atoms with van der Waals surface area (Å²) in [7, 11) is 0. The number of carbonyl (C=O) groups excluding carboxylic acids is 2. The van der Waals surface area contributed by atoms with Gasteiger partial charge in [0.1, 0.15) is 0 Å². The number of amides is 1. The van der Waals surface area contributed by atoms with E-state index in [4.69, 9.17) is 11.6 Å². The molecule has 0 unspecified atom stereocenters. The van der Waals surface area contributed by atoms with E-state index in [1.165, 1.54) is 6.92 Å². The topological polar surface area (TPSA) is 40.6 Å². The van der Waals surface area contributed by atoms with Crippen LogP contribution >= 0.6 is 11.6 Å². The number of carbonyl (C=O) groups is 2. The van der Waals surface area contributed by atoms with Gasteiger partial charge in [-0.1, -0.05) is 17.7 Å². The lowest BCUT2D eigenvalue weighted by Crippen LogP contribution is -2.50. The van der Waals surface area contributed by atoms with Gasteiger partial charge in [-0.2, -0.15) is 0 Å². The van der Waals surface area contributed by atoms with Crippen LogP contribution in [0.15, 0.2) is 24.3 Å². The van der Waals surface area contributed by atoms with Gasteiger partial charge in [0.05, 0.1) is 0 Å². The molecule has 1 heterocycles. The summed E-state index contributed by atoms with van der Waals surface area (Å²) < 4.78 is 0. The molecule has 0 radical (unpaired) electrons. The molecule has 96 valence electrons. The predicted octanol–water partition coefficient (Wildman–Crippen LogP) is 1.58. The van der Waals surface area contributed by atoms with Crippen LogP contribution in [-0.2, 0) is 9.59 Å². The number of hydrogen-bond acceptors (Lipinski definition) is 3. The van der Waals surface area contributed by atoms with Crippen LogP contribution in [0.3, 0.4) is 0 Å². The standard InChI is InChI=1S/C13H15ClN2O2/c1-10(17)13(18)16-7-5-15(6-8-16)12-4-2-3-11(14)9-12/h2-4,9H,5-8H2,1H3. The Balaban J connectivity index is 1.98. The molecule has 0 saturated carbocycles. The molecule has 1 aromatic rings. The molecule has 0 bridgehead atoms.